The maximum absolute atomic E-state index is 11.5. The lowest BCUT2D eigenvalue weighted by Crippen LogP contribution is -2.10. The van der Waals surface area contributed by atoms with E-state index in [4.69, 9.17) is 5.73 Å². The smallest absolute Gasteiger partial charge is 0.248 e. The molecule has 30 heavy (non-hydrogen) atoms. The number of carbonyl (C=O) groups excluding carboxylic acids is 1. The summed E-state index contributed by atoms with van der Waals surface area (Å²) in [5.41, 5.74) is 10.4. The standard InChI is InChI=1S/C24H22N4OS/c1-17-10-12-21(13-11-17)28-22(15-18-6-3-2-4-7-18)26-27-24(28)30-16-19-8-5-9-20(14-19)23(25)29/h2-14H,15-16H2,1H3,(H2,25,29). The molecule has 0 aliphatic heterocycles. The Morgan fingerprint density at radius 1 is 0.933 bits per heavy atom. The molecule has 4 rings (SSSR count). The third-order valence-corrected chi connectivity index (χ3v) is 5.78. The van der Waals surface area contributed by atoms with E-state index in [1.807, 2.05) is 36.4 Å². The van der Waals surface area contributed by atoms with Crippen LogP contribution in [0.3, 0.4) is 0 Å². The maximum Gasteiger partial charge on any atom is 0.248 e. The Morgan fingerprint density at radius 3 is 2.40 bits per heavy atom. The highest BCUT2D eigenvalue weighted by Gasteiger charge is 2.15. The first-order valence-electron chi connectivity index (χ1n) is 9.67. The number of carbonyl (C=O) groups is 1. The van der Waals surface area contributed by atoms with Gasteiger partial charge in [-0.25, -0.2) is 0 Å². The van der Waals surface area contributed by atoms with Gasteiger partial charge in [0, 0.05) is 23.4 Å². The number of hydrogen-bond donors (Lipinski definition) is 1. The van der Waals surface area contributed by atoms with Crippen LogP contribution in [0.4, 0.5) is 0 Å². The van der Waals surface area contributed by atoms with Gasteiger partial charge in [0.25, 0.3) is 0 Å². The molecular formula is C24H22N4OS. The van der Waals surface area contributed by atoms with Gasteiger partial charge in [0.2, 0.25) is 5.91 Å². The Kier molecular flexibility index (Phi) is 5.95. The normalized spacial score (nSPS) is 10.8. The van der Waals surface area contributed by atoms with Gasteiger partial charge in [-0.15, -0.1) is 10.2 Å². The lowest BCUT2D eigenvalue weighted by molar-refractivity contribution is 0.1000. The average Bonchev–Trinajstić information content (AvgIpc) is 3.16. The van der Waals surface area contributed by atoms with Crippen molar-refractivity contribution >= 4 is 17.7 Å². The zero-order valence-corrected chi connectivity index (χ0v) is 17.5. The predicted molar refractivity (Wildman–Crippen MR) is 120 cm³/mol. The Labute approximate surface area is 180 Å². The van der Waals surface area contributed by atoms with Crippen LogP contribution in [0.2, 0.25) is 0 Å². The van der Waals surface area contributed by atoms with Gasteiger partial charge in [-0.3, -0.25) is 9.36 Å². The van der Waals surface area contributed by atoms with E-state index >= 15 is 0 Å². The number of hydrogen-bond acceptors (Lipinski definition) is 4. The first kappa shape index (κ1) is 19.9. The van der Waals surface area contributed by atoms with E-state index in [1.54, 1.807) is 17.8 Å². The van der Waals surface area contributed by atoms with Crippen LogP contribution >= 0.6 is 11.8 Å². The molecule has 0 spiro atoms. The van der Waals surface area contributed by atoms with E-state index < -0.39 is 5.91 Å². The zero-order chi connectivity index (χ0) is 20.9. The average molecular weight is 415 g/mol. The summed E-state index contributed by atoms with van der Waals surface area (Å²) in [6.07, 6.45) is 0.694. The van der Waals surface area contributed by atoms with Crippen molar-refractivity contribution in [1.82, 2.24) is 14.8 Å². The van der Waals surface area contributed by atoms with Crippen molar-refractivity contribution in [3.05, 3.63) is 107 Å². The van der Waals surface area contributed by atoms with E-state index in [0.717, 1.165) is 22.2 Å². The molecule has 1 amide bonds. The van der Waals surface area contributed by atoms with Gasteiger partial charge >= 0.3 is 0 Å². The molecule has 0 radical (unpaired) electrons. The molecule has 150 valence electrons. The molecule has 6 heteroatoms. The van der Waals surface area contributed by atoms with Crippen LogP contribution in [-0.2, 0) is 12.2 Å². The molecule has 2 N–H and O–H groups in total. The van der Waals surface area contributed by atoms with Crippen LogP contribution in [0.25, 0.3) is 5.69 Å². The Morgan fingerprint density at radius 2 is 1.67 bits per heavy atom. The highest BCUT2D eigenvalue weighted by atomic mass is 32.2. The first-order chi connectivity index (χ1) is 14.6. The monoisotopic (exact) mass is 414 g/mol. The molecule has 0 saturated carbocycles. The minimum atomic E-state index is -0.421. The van der Waals surface area contributed by atoms with E-state index in [2.05, 4.69) is 58.1 Å². The number of primary amides is 1. The SMILES string of the molecule is Cc1ccc(-n2c(Cc3ccccc3)nnc2SCc2cccc(C(N)=O)c2)cc1. The number of amides is 1. The molecule has 0 saturated heterocycles. The largest absolute Gasteiger partial charge is 0.366 e. The summed E-state index contributed by atoms with van der Waals surface area (Å²) in [6.45, 7) is 2.07. The van der Waals surface area contributed by atoms with Crippen molar-refractivity contribution in [2.24, 2.45) is 5.73 Å². The van der Waals surface area contributed by atoms with Gasteiger partial charge in [0.05, 0.1) is 0 Å². The van der Waals surface area contributed by atoms with Gasteiger partial charge < -0.3 is 5.73 Å². The number of nitrogens with two attached hydrogens (primary N) is 1. The van der Waals surface area contributed by atoms with Crippen LogP contribution in [0.15, 0.2) is 84.0 Å². The summed E-state index contributed by atoms with van der Waals surface area (Å²) < 4.78 is 2.11. The van der Waals surface area contributed by atoms with Crippen molar-refractivity contribution in [3.8, 4) is 5.69 Å². The van der Waals surface area contributed by atoms with Crippen LogP contribution in [-0.4, -0.2) is 20.7 Å². The fourth-order valence-electron chi connectivity index (χ4n) is 3.20. The summed E-state index contributed by atoms with van der Waals surface area (Å²) >= 11 is 1.59. The molecule has 0 unspecified atom stereocenters. The molecule has 3 aromatic carbocycles. The highest BCUT2D eigenvalue weighted by Crippen LogP contribution is 2.27. The van der Waals surface area contributed by atoms with Crippen molar-refractivity contribution in [2.75, 3.05) is 0 Å². The summed E-state index contributed by atoms with van der Waals surface area (Å²) in [6, 6.07) is 26.0. The fraction of sp³-hybridized carbons (Fsp3) is 0.125. The van der Waals surface area contributed by atoms with Crippen molar-refractivity contribution < 1.29 is 4.79 Å². The second kappa shape index (κ2) is 8.97. The highest BCUT2D eigenvalue weighted by molar-refractivity contribution is 7.98. The summed E-state index contributed by atoms with van der Waals surface area (Å²) in [4.78, 5) is 11.5. The van der Waals surface area contributed by atoms with Gasteiger partial charge in [-0.1, -0.05) is 71.9 Å². The zero-order valence-electron chi connectivity index (χ0n) is 16.7. The maximum atomic E-state index is 11.5. The molecule has 1 heterocycles. The van der Waals surface area contributed by atoms with E-state index in [1.165, 1.54) is 11.1 Å². The summed E-state index contributed by atoms with van der Waals surface area (Å²) in [5.74, 6) is 1.13. The third-order valence-electron chi connectivity index (χ3n) is 4.78. The number of rotatable bonds is 7. The molecule has 0 bridgehead atoms. The van der Waals surface area contributed by atoms with E-state index in [9.17, 15) is 4.79 Å². The van der Waals surface area contributed by atoms with E-state index in [0.29, 0.717) is 17.7 Å². The van der Waals surface area contributed by atoms with Gasteiger partial charge in [-0.05, 0) is 42.3 Å². The van der Waals surface area contributed by atoms with Crippen LogP contribution in [0.1, 0.15) is 32.9 Å². The topological polar surface area (TPSA) is 73.8 Å². The number of benzene rings is 3. The number of aryl methyl sites for hydroxylation is 1. The molecule has 4 aromatic rings. The van der Waals surface area contributed by atoms with Crippen LogP contribution < -0.4 is 5.73 Å². The van der Waals surface area contributed by atoms with Crippen LogP contribution in [0, 0.1) is 6.92 Å². The van der Waals surface area contributed by atoms with Gasteiger partial charge in [0.15, 0.2) is 5.16 Å². The van der Waals surface area contributed by atoms with Crippen molar-refractivity contribution in [2.45, 2.75) is 24.3 Å². The van der Waals surface area contributed by atoms with Gasteiger partial charge in [-0.2, -0.15) is 0 Å². The van der Waals surface area contributed by atoms with Gasteiger partial charge in [0.1, 0.15) is 5.82 Å². The molecule has 0 fully saturated rings. The second-order valence-electron chi connectivity index (χ2n) is 7.09. The predicted octanol–water partition coefficient (Wildman–Crippen LogP) is 4.56. The van der Waals surface area contributed by atoms with Crippen molar-refractivity contribution in [3.63, 3.8) is 0 Å². The van der Waals surface area contributed by atoms with Crippen molar-refractivity contribution in [1.29, 1.82) is 0 Å². The second-order valence-corrected chi connectivity index (χ2v) is 8.03. The molecular weight excluding hydrogens is 392 g/mol. The first-order valence-corrected chi connectivity index (χ1v) is 10.7. The lowest BCUT2D eigenvalue weighted by atomic mass is 10.1. The van der Waals surface area contributed by atoms with E-state index in [-0.39, 0.29) is 0 Å². The summed E-state index contributed by atoms with van der Waals surface area (Å²) in [5, 5.41) is 9.77. The quantitative estimate of drug-likeness (QED) is 0.450. The number of aromatic nitrogens is 3. The molecule has 0 atom stereocenters. The molecule has 0 aliphatic carbocycles. The Hall–Kier alpha value is -3.38. The number of thioether (sulfide) groups is 1. The minimum Gasteiger partial charge on any atom is -0.366 e. The molecule has 1 aromatic heterocycles. The fourth-order valence-corrected chi connectivity index (χ4v) is 4.12. The molecule has 5 nitrogen and oxygen atoms in total. The summed E-state index contributed by atoms with van der Waals surface area (Å²) in [7, 11) is 0. The minimum absolute atomic E-state index is 0.421. The molecule has 0 aliphatic rings. The lowest BCUT2D eigenvalue weighted by Gasteiger charge is -2.11. The third kappa shape index (κ3) is 4.60. The Balaban J connectivity index is 1.64. The number of nitrogens with zero attached hydrogens (tertiary/aromatic N) is 3. The van der Waals surface area contributed by atoms with Crippen LogP contribution in [0.5, 0.6) is 0 Å². The Bertz CT molecular complexity index is 1150.